The fourth-order valence-electron chi connectivity index (χ4n) is 3.11. The third-order valence-electron chi connectivity index (χ3n) is 3.94. The van der Waals surface area contributed by atoms with Crippen LogP contribution >= 0.6 is 0 Å². The number of carbonyl (C=O) groups is 1. The number of ether oxygens (including phenoxy) is 1. The molecule has 0 radical (unpaired) electrons. The molecule has 16 heavy (non-hydrogen) atoms. The molecule has 3 rings (SSSR count). The van der Waals surface area contributed by atoms with Crippen LogP contribution in [0.2, 0.25) is 0 Å². The van der Waals surface area contributed by atoms with Crippen molar-refractivity contribution in [3.63, 3.8) is 0 Å². The number of esters is 1. The first-order chi connectivity index (χ1) is 7.59. The summed E-state index contributed by atoms with van der Waals surface area (Å²) in [5.74, 6) is 0.251. The quantitative estimate of drug-likeness (QED) is 0.386. The number of rotatable bonds is 0. The van der Waals surface area contributed by atoms with Crippen LogP contribution in [-0.4, -0.2) is 16.7 Å². The van der Waals surface area contributed by atoms with Gasteiger partial charge in [0.15, 0.2) is 0 Å². The average molecular weight is 218 g/mol. The lowest BCUT2D eigenvalue weighted by Gasteiger charge is -2.41. The Kier molecular flexibility index (Phi) is 1.84. The highest BCUT2D eigenvalue weighted by Crippen LogP contribution is 2.50. The highest BCUT2D eigenvalue weighted by molar-refractivity contribution is 5.90. The Bertz CT molecular complexity index is 434. The molecule has 1 N–H and O–H groups in total. The van der Waals surface area contributed by atoms with E-state index in [0.29, 0.717) is 24.2 Å². The Labute approximate surface area is 94.1 Å². The molecule has 2 atom stereocenters. The van der Waals surface area contributed by atoms with Crippen LogP contribution < -0.4 is 0 Å². The van der Waals surface area contributed by atoms with Crippen molar-refractivity contribution in [1.29, 1.82) is 0 Å². The smallest absolute Gasteiger partial charge is 0.334 e. The van der Waals surface area contributed by atoms with Crippen molar-refractivity contribution in [1.82, 2.24) is 0 Å². The highest BCUT2D eigenvalue weighted by Gasteiger charge is 2.51. The number of fused-ring (bicyclic) bond motifs is 3. The normalized spacial score (nSPS) is 37.1. The van der Waals surface area contributed by atoms with Crippen LogP contribution in [0.5, 0.6) is 0 Å². The topological polar surface area (TPSA) is 46.5 Å². The Hall–Kier alpha value is -1.47. The van der Waals surface area contributed by atoms with Crippen molar-refractivity contribution < 1.29 is 14.6 Å². The van der Waals surface area contributed by atoms with E-state index < -0.39 is 5.60 Å². The number of hydrogen-bond acceptors (Lipinski definition) is 3. The second-order valence-electron chi connectivity index (χ2n) is 5.02. The summed E-state index contributed by atoms with van der Waals surface area (Å²) in [4.78, 5) is 11.5. The maximum Gasteiger partial charge on any atom is 0.334 e. The van der Waals surface area contributed by atoms with E-state index in [-0.39, 0.29) is 11.9 Å². The first kappa shape index (κ1) is 9.73. The van der Waals surface area contributed by atoms with Gasteiger partial charge < -0.3 is 9.84 Å². The van der Waals surface area contributed by atoms with Gasteiger partial charge in [-0.3, -0.25) is 0 Å². The number of hydrogen-bond donors (Lipinski definition) is 1. The molecule has 1 saturated heterocycles. The third-order valence-corrected chi connectivity index (χ3v) is 3.94. The van der Waals surface area contributed by atoms with Gasteiger partial charge in [0.25, 0.3) is 0 Å². The fourth-order valence-corrected chi connectivity index (χ4v) is 3.11. The summed E-state index contributed by atoms with van der Waals surface area (Å²) in [7, 11) is 0. The molecule has 84 valence electrons. The van der Waals surface area contributed by atoms with E-state index in [1.165, 1.54) is 0 Å². The number of aliphatic hydroxyl groups is 1. The van der Waals surface area contributed by atoms with E-state index in [1.807, 2.05) is 0 Å². The maximum absolute atomic E-state index is 11.5. The summed E-state index contributed by atoms with van der Waals surface area (Å²) >= 11 is 0. The van der Waals surface area contributed by atoms with Gasteiger partial charge in [0.05, 0.1) is 0 Å². The second kappa shape index (κ2) is 3.02. The maximum atomic E-state index is 11.5. The molecule has 1 heterocycles. The molecule has 2 unspecified atom stereocenters. The minimum atomic E-state index is -0.395. The summed E-state index contributed by atoms with van der Waals surface area (Å²) < 4.78 is 5.53. The van der Waals surface area contributed by atoms with Crippen molar-refractivity contribution >= 4 is 5.97 Å². The van der Waals surface area contributed by atoms with Gasteiger partial charge in [0.2, 0.25) is 0 Å². The highest BCUT2D eigenvalue weighted by atomic mass is 16.6. The molecule has 0 aromatic heterocycles. The van der Waals surface area contributed by atoms with Crippen LogP contribution in [0.1, 0.15) is 32.1 Å². The van der Waals surface area contributed by atoms with Gasteiger partial charge in [-0.1, -0.05) is 12.3 Å². The average Bonchev–Trinajstić information content (AvgIpc) is 2.51. The second-order valence-corrected chi connectivity index (χ2v) is 5.02. The zero-order valence-corrected chi connectivity index (χ0v) is 9.08. The first-order valence-corrected chi connectivity index (χ1v) is 5.67. The van der Waals surface area contributed by atoms with Crippen LogP contribution in [0, 0.1) is 5.92 Å². The van der Waals surface area contributed by atoms with Crippen molar-refractivity contribution in [3.05, 3.63) is 29.2 Å². The van der Waals surface area contributed by atoms with Crippen LogP contribution in [0.4, 0.5) is 0 Å². The van der Waals surface area contributed by atoms with E-state index >= 15 is 0 Å². The predicted octanol–water partition coefficient (Wildman–Crippen LogP) is 2.40. The van der Waals surface area contributed by atoms with Gasteiger partial charge in [0.1, 0.15) is 11.4 Å². The summed E-state index contributed by atoms with van der Waals surface area (Å²) in [6.07, 6.45) is 3.80. The van der Waals surface area contributed by atoms with Crippen molar-refractivity contribution in [3.8, 4) is 0 Å². The van der Waals surface area contributed by atoms with E-state index in [0.717, 1.165) is 24.8 Å². The molecule has 3 heteroatoms. The Morgan fingerprint density at radius 1 is 1.50 bits per heavy atom. The Balaban J connectivity index is 1.94. The van der Waals surface area contributed by atoms with Crippen molar-refractivity contribution in [2.24, 2.45) is 5.92 Å². The zero-order chi connectivity index (χ0) is 11.3. The molecule has 2 bridgehead atoms. The van der Waals surface area contributed by atoms with Crippen LogP contribution in [0.25, 0.3) is 0 Å². The Morgan fingerprint density at radius 2 is 2.31 bits per heavy atom. The largest absolute Gasteiger partial charge is 0.505 e. The van der Waals surface area contributed by atoms with Gasteiger partial charge in [0, 0.05) is 24.3 Å². The van der Waals surface area contributed by atoms with Gasteiger partial charge >= 0.3 is 5.97 Å². The molecular weight excluding hydrogens is 204 g/mol. The number of carbonyl (C=O) groups excluding carboxylic acids is 1. The molecule has 1 spiro atoms. The SMILES string of the molecule is C=C1CC2(CCC3=C=C(O)CC2C3)OC1=O. The summed E-state index contributed by atoms with van der Waals surface area (Å²) in [6, 6.07) is 0. The van der Waals surface area contributed by atoms with Gasteiger partial charge in [-0.2, -0.15) is 0 Å². The summed E-state index contributed by atoms with van der Waals surface area (Å²) in [6.45, 7) is 3.74. The summed E-state index contributed by atoms with van der Waals surface area (Å²) in [5, 5.41) is 9.61. The molecule has 0 aromatic carbocycles. The molecule has 1 saturated carbocycles. The molecule has 0 aromatic rings. The Morgan fingerprint density at radius 3 is 3.00 bits per heavy atom. The van der Waals surface area contributed by atoms with Crippen molar-refractivity contribution in [2.75, 3.05) is 0 Å². The lowest BCUT2D eigenvalue weighted by Crippen LogP contribution is -2.42. The number of allylic oxidation sites excluding steroid dienone is 1. The monoisotopic (exact) mass is 218 g/mol. The van der Waals surface area contributed by atoms with Gasteiger partial charge in [-0.25, -0.2) is 4.79 Å². The van der Waals surface area contributed by atoms with Gasteiger partial charge in [-0.15, -0.1) is 0 Å². The molecule has 0 amide bonds. The standard InChI is InChI=1S/C13H14O3/c1-8-7-13(16-12(8)15)3-2-9-4-10(13)6-11(14)5-9/h10,14H,1-4,6-7H2. The molecule has 2 aliphatic carbocycles. The summed E-state index contributed by atoms with van der Waals surface area (Å²) in [5.41, 5.74) is 4.34. The molecular formula is C13H14O3. The first-order valence-electron chi connectivity index (χ1n) is 5.67. The lowest BCUT2D eigenvalue weighted by molar-refractivity contribution is -0.153. The van der Waals surface area contributed by atoms with E-state index in [9.17, 15) is 9.90 Å². The lowest BCUT2D eigenvalue weighted by atomic mass is 9.68. The predicted molar refractivity (Wildman–Crippen MR) is 57.7 cm³/mol. The van der Waals surface area contributed by atoms with Crippen LogP contribution in [0.3, 0.4) is 0 Å². The third kappa shape index (κ3) is 1.25. The zero-order valence-electron chi connectivity index (χ0n) is 9.08. The number of aliphatic hydroxyl groups excluding tert-OH is 1. The minimum Gasteiger partial charge on any atom is -0.505 e. The molecule has 3 aliphatic rings. The van der Waals surface area contributed by atoms with E-state index in [2.05, 4.69) is 12.3 Å². The van der Waals surface area contributed by atoms with Crippen LogP contribution in [-0.2, 0) is 9.53 Å². The van der Waals surface area contributed by atoms with Gasteiger partial charge in [-0.05, 0) is 24.8 Å². The molecule has 1 aliphatic heterocycles. The molecule has 3 nitrogen and oxygen atoms in total. The van der Waals surface area contributed by atoms with Crippen LogP contribution in [0.15, 0.2) is 29.2 Å². The minimum absolute atomic E-state index is 0.209. The van der Waals surface area contributed by atoms with E-state index in [4.69, 9.17) is 4.74 Å². The molecule has 2 fully saturated rings. The van der Waals surface area contributed by atoms with Crippen molar-refractivity contribution in [2.45, 2.75) is 37.7 Å². The van der Waals surface area contributed by atoms with E-state index in [1.54, 1.807) is 0 Å². The fraction of sp³-hybridized carbons (Fsp3) is 0.538.